The first-order valence-corrected chi connectivity index (χ1v) is 10.6. The van der Waals surface area contributed by atoms with Gasteiger partial charge in [-0.3, -0.25) is 9.98 Å². The lowest BCUT2D eigenvalue weighted by molar-refractivity contribution is -0.143. The quantitative estimate of drug-likeness (QED) is 0.238. The second kappa shape index (κ2) is 10.5. The molecular formula is C25H22F7N3. The summed E-state index contributed by atoms with van der Waals surface area (Å²) in [6.45, 7) is 3.74. The van der Waals surface area contributed by atoms with Gasteiger partial charge in [0.1, 0.15) is 5.82 Å². The Labute approximate surface area is 198 Å². The van der Waals surface area contributed by atoms with Crippen molar-refractivity contribution in [3.63, 3.8) is 0 Å². The Morgan fingerprint density at radius 2 is 1.66 bits per heavy atom. The van der Waals surface area contributed by atoms with Gasteiger partial charge in [-0.2, -0.15) is 26.3 Å². The monoisotopic (exact) mass is 497 g/mol. The van der Waals surface area contributed by atoms with Crippen molar-refractivity contribution in [2.45, 2.75) is 32.7 Å². The van der Waals surface area contributed by atoms with E-state index in [9.17, 15) is 30.7 Å². The number of benzene rings is 2. The van der Waals surface area contributed by atoms with Crippen molar-refractivity contribution in [2.24, 2.45) is 9.98 Å². The number of aliphatic imine (C=N–C) groups is 2. The second-order valence-electron chi connectivity index (χ2n) is 7.81. The zero-order valence-electron chi connectivity index (χ0n) is 18.9. The number of hydrogen-bond acceptors (Lipinski definition) is 2. The van der Waals surface area contributed by atoms with E-state index < -0.39 is 29.3 Å². The van der Waals surface area contributed by atoms with E-state index in [0.717, 1.165) is 0 Å². The molecule has 0 amide bonds. The number of rotatable bonds is 6. The lowest BCUT2D eigenvalue weighted by Crippen LogP contribution is -2.24. The average molecular weight is 497 g/mol. The van der Waals surface area contributed by atoms with Gasteiger partial charge in [-0.1, -0.05) is 18.2 Å². The first-order chi connectivity index (χ1) is 16.4. The lowest BCUT2D eigenvalue weighted by atomic mass is 9.97. The summed E-state index contributed by atoms with van der Waals surface area (Å²) >= 11 is 0. The highest BCUT2D eigenvalue weighted by Gasteiger charge is 2.37. The fourth-order valence-corrected chi connectivity index (χ4v) is 3.59. The van der Waals surface area contributed by atoms with E-state index in [2.05, 4.69) is 9.98 Å². The first kappa shape index (κ1) is 26.2. The van der Waals surface area contributed by atoms with Gasteiger partial charge in [0.25, 0.3) is 0 Å². The molecule has 0 saturated carbocycles. The highest BCUT2D eigenvalue weighted by molar-refractivity contribution is 5.97. The van der Waals surface area contributed by atoms with Crippen molar-refractivity contribution in [1.82, 2.24) is 4.90 Å². The van der Waals surface area contributed by atoms with E-state index in [1.807, 2.05) is 0 Å². The largest absolute Gasteiger partial charge is 0.416 e. The van der Waals surface area contributed by atoms with Crippen LogP contribution in [-0.4, -0.2) is 30.5 Å². The lowest BCUT2D eigenvalue weighted by Gasteiger charge is -2.24. The molecular weight excluding hydrogens is 475 g/mol. The average Bonchev–Trinajstić information content (AvgIpc) is 3.01. The summed E-state index contributed by atoms with van der Waals surface area (Å²) in [6, 6.07) is 5.64. The van der Waals surface area contributed by atoms with Gasteiger partial charge in [0.2, 0.25) is 0 Å². The summed E-state index contributed by atoms with van der Waals surface area (Å²) in [5, 5.41) is 0. The molecule has 3 nitrogen and oxygen atoms in total. The van der Waals surface area contributed by atoms with Gasteiger partial charge in [0, 0.05) is 24.9 Å². The van der Waals surface area contributed by atoms with Gasteiger partial charge in [0.05, 0.1) is 29.7 Å². The third-order valence-electron chi connectivity index (χ3n) is 5.18. The molecule has 0 saturated heterocycles. The third kappa shape index (κ3) is 6.58. The molecule has 0 aliphatic carbocycles. The second-order valence-corrected chi connectivity index (χ2v) is 7.81. The molecule has 186 valence electrons. The molecule has 1 aliphatic heterocycles. The standard InChI is InChI=1S/C25H22F7N3/c1-3-33-15-35(14-17-10-18(24(27,28)29)12-19(11-17)25(30,31)32)23-13-34-8-4-5-22(23)21-7-6-20(26)9-16(21)2/h4-7,9-13,15H,3,8,14H2,1-2H3. The number of allylic oxidation sites excluding steroid dienone is 3. The van der Waals surface area contributed by atoms with Crippen LogP contribution in [0.1, 0.15) is 34.7 Å². The number of alkyl halides is 6. The topological polar surface area (TPSA) is 28.0 Å². The van der Waals surface area contributed by atoms with Crippen molar-refractivity contribution in [2.75, 3.05) is 13.1 Å². The summed E-state index contributed by atoms with van der Waals surface area (Å²) in [4.78, 5) is 9.85. The number of hydrogen-bond donors (Lipinski definition) is 0. The molecule has 2 aromatic rings. The van der Waals surface area contributed by atoms with Crippen LogP contribution in [0.4, 0.5) is 30.7 Å². The summed E-state index contributed by atoms with van der Waals surface area (Å²) in [6.07, 6.45) is -3.59. The molecule has 0 bridgehead atoms. The summed E-state index contributed by atoms with van der Waals surface area (Å²) in [5.74, 6) is -0.437. The molecule has 3 rings (SSSR count). The summed E-state index contributed by atoms with van der Waals surface area (Å²) in [5.41, 5.74) is -0.783. The highest BCUT2D eigenvalue weighted by atomic mass is 19.4. The van der Waals surface area contributed by atoms with Crippen LogP contribution in [0.25, 0.3) is 5.57 Å². The predicted molar refractivity (Wildman–Crippen MR) is 122 cm³/mol. The Bertz CT molecular complexity index is 1160. The van der Waals surface area contributed by atoms with Gasteiger partial charge < -0.3 is 4.90 Å². The van der Waals surface area contributed by atoms with E-state index >= 15 is 0 Å². The Hall–Kier alpha value is -3.43. The van der Waals surface area contributed by atoms with Gasteiger partial charge in [0.15, 0.2) is 0 Å². The number of aryl methyl sites for hydroxylation is 1. The first-order valence-electron chi connectivity index (χ1n) is 10.6. The van der Waals surface area contributed by atoms with Gasteiger partial charge in [-0.15, -0.1) is 0 Å². The van der Waals surface area contributed by atoms with Crippen LogP contribution in [0.5, 0.6) is 0 Å². The van der Waals surface area contributed by atoms with Crippen LogP contribution in [0, 0.1) is 12.7 Å². The Balaban J connectivity index is 2.18. The highest BCUT2D eigenvalue weighted by Crippen LogP contribution is 2.37. The Morgan fingerprint density at radius 3 is 2.23 bits per heavy atom. The van der Waals surface area contributed by atoms with Gasteiger partial charge in [-0.25, -0.2) is 4.39 Å². The Morgan fingerprint density at radius 1 is 1.00 bits per heavy atom. The fraction of sp³-hybridized carbons (Fsp3) is 0.280. The predicted octanol–water partition coefficient (Wildman–Crippen LogP) is 7.07. The molecule has 0 unspecified atom stereocenters. The molecule has 0 radical (unpaired) electrons. The van der Waals surface area contributed by atoms with Crippen molar-refractivity contribution in [1.29, 1.82) is 0 Å². The van der Waals surface area contributed by atoms with Crippen molar-refractivity contribution in [3.05, 3.63) is 87.9 Å². The van der Waals surface area contributed by atoms with Crippen molar-refractivity contribution >= 4 is 18.1 Å². The van der Waals surface area contributed by atoms with Crippen LogP contribution in [0.2, 0.25) is 0 Å². The molecule has 0 N–H and O–H groups in total. The smallest absolute Gasteiger partial charge is 0.326 e. The minimum atomic E-state index is -4.96. The summed E-state index contributed by atoms with van der Waals surface area (Å²) in [7, 11) is 0. The van der Waals surface area contributed by atoms with Crippen LogP contribution < -0.4 is 0 Å². The Kier molecular flexibility index (Phi) is 7.82. The van der Waals surface area contributed by atoms with E-state index in [1.54, 1.807) is 32.1 Å². The SMILES string of the molecule is CCN=CN(Cc1cc(C(F)(F)F)cc(C(F)(F)F)c1)C1=C(c2ccc(F)cc2C)C=CCN=C1. The maximum Gasteiger partial charge on any atom is 0.416 e. The van der Waals surface area contributed by atoms with E-state index in [0.29, 0.717) is 47.6 Å². The number of nitrogens with zero attached hydrogens (tertiary/aromatic N) is 3. The molecule has 1 heterocycles. The molecule has 1 aliphatic rings. The minimum Gasteiger partial charge on any atom is -0.326 e. The van der Waals surface area contributed by atoms with Gasteiger partial charge in [-0.05, 0) is 60.9 Å². The van der Waals surface area contributed by atoms with Crippen LogP contribution in [0.15, 0.2) is 64.2 Å². The van der Waals surface area contributed by atoms with Crippen molar-refractivity contribution < 1.29 is 30.7 Å². The normalized spacial score (nSPS) is 14.7. The van der Waals surface area contributed by atoms with Crippen LogP contribution in [0.3, 0.4) is 0 Å². The van der Waals surface area contributed by atoms with E-state index in [1.165, 1.54) is 29.6 Å². The molecule has 35 heavy (non-hydrogen) atoms. The van der Waals surface area contributed by atoms with Gasteiger partial charge >= 0.3 is 12.4 Å². The molecule has 10 heteroatoms. The van der Waals surface area contributed by atoms with E-state index in [-0.39, 0.29) is 18.2 Å². The van der Waals surface area contributed by atoms with Crippen LogP contribution in [-0.2, 0) is 18.9 Å². The maximum absolute atomic E-state index is 13.7. The molecule has 0 aromatic heterocycles. The fourth-order valence-electron chi connectivity index (χ4n) is 3.59. The summed E-state index contributed by atoms with van der Waals surface area (Å²) < 4.78 is 93.9. The van der Waals surface area contributed by atoms with Crippen LogP contribution >= 0.6 is 0 Å². The third-order valence-corrected chi connectivity index (χ3v) is 5.18. The zero-order valence-corrected chi connectivity index (χ0v) is 18.9. The van der Waals surface area contributed by atoms with E-state index in [4.69, 9.17) is 0 Å². The van der Waals surface area contributed by atoms with Crippen molar-refractivity contribution in [3.8, 4) is 0 Å². The maximum atomic E-state index is 13.7. The molecule has 0 spiro atoms. The zero-order chi connectivity index (χ0) is 25.8. The molecule has 0 fully saturated rings. The number of halogens is 7. The molecule has 0 atom stereocenters. The minimum absolute atomic E-state index is 0.0936. The molecule has 2 aromatic carbocycles.